The van der Waals surface area contributed by atoms with Crippen molar-refractivity contribution in [3.63, 3.8) is 0 Å². The lowest BCUT2D eigenvalue weighted by atomic mass is 10.1. The van der Waals surface area contributed by atoms with E-state index < -0.39 is 24.1 Å². The van der Waals surface area contributed by atoms with Crippen molar-refractivity contribution in [3.8, 4) is 0 Å². The van der Waals surface area contributed by atoms with Crippen molar-refractivity contribution in [3.05, 3.63) is 71.8 Å². The monoisotopic (exact) mass is 385 g/mol. The molecule has 0 aromatic heterocycles. The molecule has 0 spiro atoms. The first-order valence-corrected chi connectivity index (χ1v) is 8.83. The molecule has 2 aromatic rings. The summed E-state index contributed by atoms with van der Waals surface area (Å²) in [6.45, 7) is 0.130. The van der Waals surface area contributed by atoms with E-state index >= 15 is 0 Å². The molecule has 0 aliphatic rings. The van der Waals surface area contributed by atoms with Crippen LogP contribution >= 0.6 is 0 Å². The van der Waals surface area contributed by atoms with Crippen molar-refractivity contribution >= 4 is 18.0 Å². The molecule has 1 atom stereocenters. The van der Waals surface area contributed by atoms with E-state index in [1.807, 2.05) is 60.7 Å². The van der Waals surface area contributed by atoms with Crippen molar-refractivity contribution in [2.24, 2.45) is 0 Å². The molecule has 0 saturated heterocycles. The lowest BCUT2D eigenvalue weighted by Gasteiger charge is -2.17. The molecule has 148 valence electrons. The number of hydrogen-bond acceptors (Lipinski definition) is 6. The summed E-state index contributed by atoms with van der Waals surface area (Å²) < 4.78 is 15.0. The van der Waals surface area contributed by atoms with Gasteiger partial charge in [0.05, 0.1) is 7.11 Å². The molecule has 0 fully saturated rings. The van der Waals surface area contributed by atoms with E-state index in [0.29, 0.717) is 0 Å². The topological polar surface area (TPSA) is 90.9 Å². The molecule has 1 amide bonds. The van der Waals surface area contributed by atoms with Gasteiger partial charge in [-0.25, -0.2) is 9.59 Å². The van der Waals surface area contributed by atoms with Crippen molar-refractivity contribution in [2.45, 2.75) is 32.1 Å². The Morgan fingerprint density at radius 2 is 1.39 bits per heavy atom. The molecule has 28 heavy (non-hydrogen) atoms. The maximum atomic E-state index is 12.4. The van der Waals surface area contributed by atoms with Crippen molar-refractivity contribution in [2.75, 3.05) is 7.11 Å². The first-order chi connectivity index (χ1) is 13.6. The van der Waals surface area contributed by atoms with E-state index in [1.54, 1.807) is 0 Å². The van der Waals surface area contributed by atoms with Gasteiger partial charge in [0.15, 0.2) is 0 Å². The average Bonchev–Trinajstić information content (AvgIpc) is 2.74. The van der Waals surface area contributed by atoms with Crippen LogP contribution in [0.15, 0.2) is 60.7 Å². The minimum Gasteiger partial charge on any atom is -0.469 e. The van der Waals surface area contributed by atoms with Crippen LogP contribution in [0.1, 0.15) is 24.0 Å². The first-order valence-electron chi connectivity index (χ1n) is 8.83. The molecule has 0 bridgehead atoms. The Balaban J connectivity index is 1.90. The molecule has 0 saturated carbocycles. The number of ether oxygens (including phenoxy) is 3. The largest absolute Gasteiger partial charge is 0.469 e. The number of methoxy groups -OCH3 is 1. The second-order valence-corrected chi connectivity index (χ2v) is 5.97. The number of esters is 2. The van der Waals surface area contributed by atoms with E-state index in [9.17, 15) is 14.4 Å². The minimum absolute atomic E-state index is 0.0411. The number of carbonyl (C=O) groups excluding carboxylic acids is 3. The van der Waals surface area contributed by atoms with Crippen LogP contribution in [-0.2, 0) is 37.0 Å². The Morgan fingerprint density at radius 1 is 0.857 bits per heavy atom. The number of amides is 1. The molecule has 1 N–H and O–H groups in total. The number of alkyl carbamates (subject to hydrolysis) is 1. The Morgan fingerprint density at radius 3 is 1.93 bits per heavy atom. The summed E-state index contributed by atoms with van der Waals surface area (Å²) >= 11 is 0. The summed E-state index contributed by atoms with van der Waals surface area (Å²) in [5.74, 6) is -1.13. The highest BCUT2D eigenvalue weighted by atomic mass is 16.6. The molecule has 0 aliphatic carbocycles. The highest BCUT2D eigenvalue weighted by Gasteiger charge is 2.24. The fourth-order valence-corrected chi connectivity index (χ4v) is 2.35. The van der Waals surface area contributed by atoms with Crippen LogP contribution in [0.4, 0.5) is 4.79 Å². The highest BCUT2D eigenvalue weighted by molar-refractivity contribution is 5.82. The van der Waals surface area contributed by atoms with Crippen LogP contribution in [0.25, 0.3) is 0 Å². The van der Waals surface area contributed by atoms with E-state index in [4.69, 9.17) is 9.47 Å². The molecular formula is C21H23NO6. The highest BCUT2D eigenvalue weighted by Crippen LogP contribution is 2.07. The predicted molar refractivity (Wildman–Crippen MR) is 101 cm³/mol. The molecule has 0 radical (unpaired) electrons. The maximum absolute atomic E-state index is 12.4. The fourth-order valence-electron chi connectivity index (χ4n) is 2.35. The third kappa shape index (κ3) is 7.49. The van der Waals surface area contributed by atoms with Crippen molar-refractivity contribution < 1.29 is 28.6 Å². The van der Waals surface area contributed by atoms with Gasteiger partial charge in [0.1, 0.15) is 19.3 Å². The molecular weight excluding hydrogens is 362 g/mol. The standard InChI is InChI=1S/C21H23NO6/c1-26-19(23)13-12-18(20(24)27-14-16-8-4-2-5-9-16)22-21(25)28-15-17-10-6-3-7-11-17/h2-11,18H,12-15H2,1H3,(H,22,25)/t18-/m1/s1. The second-order valence-electron chi connectivity index (χ2n) is 5.97. The summed E-state index contributed by atoms with van der Waals surface area (Å²) in [7, 11) is 1.26. The number of carbonyl (C=O) groups is 3. The first kappa shape index (κ1) is 21.0. The number of hydrogen-bond donors (Lipinski definition) is 1. The normalized spacial score (nSPS) is 11.2. The fraction of sp³-hybridized carbons (Fsp3) is 0.286. The Bertz CT molecular complexity index is 763. The predicted octanol–water partition coefficient (Wildman–Crippen LogP) is 2.98. The summed E-state index contributed by atoms with van der Waals surface area (Å²) in [4.78, 5) is 35.8. The van der Waals surface area contributed by atoms with E-state index in [0.717, 1.165) is 11.1 Å². The summed E-state index contributed by atoms with van der Waals surface area (Å²) in [5, 5.41) is 2.46. The zero-order valence-corrected chi connectivity index (χ0v) is 15.6. The van der Waals surface area contributed by atoms with Gasteiger partial charge in [-0.2, -0.15) is 0 Å². The van der Waals surface area contributed by atoms with E-state index in [1.165, 1.54) is 7.11 Å². The summed E-state index contributed by atoms with van der Waals surface area (Å²) in [5.41, 5.74) is 1.63. The van der Waals surface area contributed by atoms with Gasteiger partial charge in [0, 0.05) is 6.42 Å². The SMILES string of the molecule is COC(=O)CC[C@@H](NC(=O)OCc1ccccc1)C(=O)OCc1ccccc1. The van der Waals surface area contributed by atoms with Gasteiger partial charge in [0.25, 0.3) is 0 Å². The minimum atomic E-state index is -1.02. The summed E-state index contributed by atoms with van der Waals surface area (Å²) in [6, 6.07) is 17.3. The Hall–Kier alpha value is -3.35. The van der Waals surface area contributed by atoms with Crippen molar-refractivity contribution in [1.82, 2.24) is 5.32 Å². The zero-order chi connectivity index (χ0) is 20.2. The molecule has 0 heterocycles. The van der Waals surface area contributed by atoms with Crippen LogP contribution in [-0.4, -0.2) is 31.2 Å². The van der Waals surface area contributed by atoms with E-state index in [2.05, 4.69) is 10.1 Å². The summed E-state index contributed by atoms with van der Waals surface area (Å²) in [6.07, 6.45) is -0.767. The smallest absolute Gasteiger partial charge is 0.408 e. The third-order valence-electron chi connectivity index (χ3n) is 3.88. The van der Waals surface area contributed by atoms with E-state index in [-0.39, 0.29) is 26.1 Å². The second kappa shape index (κ2) is 11.4. The van der Waals surface area contributed by atoms with Crippen LogP contribution in [0.2, 0.25) is 0 Å². The lowest BCUT2D eigenvalue weighted by Crippen LogP contribution is -2.42. The van der Waals surface area contributed by atoms with Gasteiger partial charge < -0.3 is 19.5 Å². The molecule has 7 heteroatoms. The van der Waals surface area contributed by atoms with Gasteiger partial charge in [-0.05, 0) is 17.5 Å². The Kier molecular flexibility index (Phi) is 8.52. The average molecular weight is 385 g/mol. The quantitative estimate of drug-likeness (QED) is 0.527. The number of rotatable bonds is 9. The van der Waals surface area contributed by atoms with Crippen LogP contribution in [0.5, 0.6) is 0 Å². The lowest BCUT2D eigenvalue weighted by molar-refractivity contribution is -0.148. The van der Waals surface area contributed by atoms with Crippen molar-refractivity contribution in [1.29, 1.82) is 0 Å². The molecule has 7 nitrogen and oxygen atoms in total. The van der Waals surface area contributed by atoms with Crippen LogP contribution < -0.4 is 5.32 Å². The van der Waals surface area contributed by atoms with Crippen LogP contribution in [0.3, 0.4) is 0 Å². The number of nitrogens with one attached hydrogen (secondary N) is 1. The Labute approximate surface area is 163 Å². The maximum Gasteiger partial charge on any atom is 0.408 e. The molecule has 2 rings (SSSR count). The zero-order valence-electron chi connectivity index (χ0n) is 15.6. The van der Waals surface area contributed by atoms with Crippen LogP contribution in [0, 0.1) is 0 Å². The van der Waals surface area contributed by atoms with Gasteiger partial charge in [-0.15, -0.1) is 0 Å². The van der Waals surface area contributed by atoms with Gasteiger partial charge >= 0.3 is 18.0 Å². The molecule has 0 unspecified atom stereocenters. The van der Waals surface area contributed by atoms with Gasteiger partial charge in [-0.1, -0.05) is 60.7 Å². The molecule has 0 aliphatic heterocycles. The third-order valence-corrected chi connectivity index (χ3v) is 3.88. The molecule has 2 aromatic carbocycles. The van der Waals surface area contributed by atoms with Gasteiger partial charge in [0.2, 0.25) is 0 Å². The number of benzene rings is 2. The van der Waals surface area contributed by atoms with Gasteiger partial charge in [-0.3, -0.25) is 4.79 Å².